The number of aromatic nitrogens is 2. The fourth-order valence-electron chi connectivity index (χ4n) is 3.70. The normalized spacial score (nSPS) is 16.6. The molecule has 5 N–H and O–H groups in total. The lowest BCUT2D eigenvalue weighted by molar-refractivity contribution is -0.117. The Morgan fingerprint density at radius 3 is 2.77 bits per heavy atom. The topological polar surface area (TPSA) is 120 Å². The van der Waals surface area contributed by atoms with Crippen molar-refractivity contribution in [3.05, 3.63) is 47.8 Å². The molecule has 0 atom stereocenters. The summed E-state index contributed by atoms with van der Waals surface area (Å²) in [7, 11) is 0. The minimum Gasteiger partial charge on any atom is -0.398 e. The van der Waals surface area contributed by atoms with Crippen molar-refractivity contribution >= 4 is 39.7 Å². The second-order valence-electron chi connectivity index (χ2n) is 7.83. The van der Waals surface area contributed by atoms with Gasteiger partial charge in [-0.25, -0.2) is 4.98 Å². The number of imidazole rings is 1. The number of hydrogen-bond acceptors (Lipinski definition) is 6. The molecule has 1 aromatic heterocycles. The highest BCUT2D eigenvalue weighted by molar-refractivity contribution is 6.13. The van der Waals surface area contributed by atoms with Crippen LogP contribution in [0.5, 0.6) is 0 Å². The molecular weight excluding hydrogens is 380 g/mol. The molecule has 1 aliphatic heterocycles. The van der Waals surface area contributed by atoms with Crippen LogP contribution >= 0.6 is 0 Å². The molecule has 0 spiro atoms. The number of nitrogen functional groups attached to an aromatic ring is 1. The van der Waals surface area contributed by atoms with Crippen LogP contribution in [0, 0.1) is 11.3 Å². The van der Waals surface area contributed by atoms with Gasteiger partial charge < -0.3 is 25.7 Å². The number of nitrogens with two attached hydrogens (primary N) is 1. The van der Waals surface area contributed by atoms with Crippen molar-refractivity contribution in [1.82, 2.24) is 9.97 Å². The van der Waals surface area contributed by atoms with Gasteiger partial charge in [-0.2, -0.15) is 0 Å². The lowest BCUT2D eigenvalue weighted by Crippen LogP contribution is -2.36. The first-order chi connectivity index (χ1) is 14.6. The summed E-state index contributed by atoms with van der Waals surface area (Å²) in [6.45, 7) is 3.17. The summed E-state index contributed by atoms with van der Waals surface area (Å²) in [5, 5.41) is 11.6. The van der Waals surface area contributed by atoms with E-state index in [0.29, 0.717) is 22.8 Å². The van der Waals surface area contributed by atoms with E-state index in [1.54, 1.807) is 18.2 Å². The zero-order valence-electron chi connectivity index (χ0n) is 16.6. The van der Waals surface area contributed by atoms with E-state index in [-0.39, 0.29) is 17.5 Å². The molecule has 0 radical (unpaired) electrons. The SMILES string of the molecule is N=C(c1nc2ccc(N3CCOCC3)cc2[nH]1)c1cc(NC(=O)C2CC2)ccc1N. The van der Waals surface area contributed by atoms with Crippen molar-refractivity contribution in [2.45, 2.75) is 12.8 Å². The number of H-pyrrole nitrogens is 1. The van der Waals surface area contributed by atoms with Gasteiger partial charge in [-0.15, -0.1) is 0 Å². The van der Waals surface area contributed by atoms with Crippen molar-refractivity contribution in [3.63, 3.8) is 0 Å². The molecule has 1 amide bonds. The number of ether oxygens (including phenoxy) is 1. The molecule has 154 valence electrons. The molecule has 2 fully saturated rings. The number of fused-ring (bicyclic) bond motifs is 1. The van der Waals surface area contributed by atoms with Crippen LogP contribution in [0.2, 0.25) is 0 Å². The molecule has 2 heterocycles. The molecule has 8 heteroatoms. The second kappa shape index (κ2) is 7.46. The van der Waals surface area contributed by atoms with Crippen molar-refractivity contribution in [2.24, 2.45) is 5.92 Å². The summed E-state index contributed by atoms with van der Waals surface area (Å²) < 4.78 is 5.43. The number of rotatable bonds is 5. The number of benzene rings is 2. The minimum atomic E-state index is 0.0247. The fraction of sp³-hybridized carbons (Fsp3) is 0.318. The number of carbonyl (C=O) groups is 1. The molecule has 5 rings (SSSR count). The van der Waals surface area contributed by atoms with Crippen LogP contribution in [-0.2, 0) is 9.53 Å². The Bertz CT molecular complexity index is 1130. The van der Waals surface area contributed by atoms with E-state index in [1.165, 1.54) is 0 Å². The Kier molecular flexibility index (Phi) is 4.63. The van der Waals surface area contributed by atoms with Gasteiger partial charge in [0.05, 0.1) is 24.2 Å². The summed E-state index contributed by atoms with van der Waals surface area (Å²) in [5.41, 5.74) is 10.8. The quantitative estimate of drug-likeness (QED) is 0.385. The molecule has 3 aromatic rings. The lowest BCUT2D eigenvalue weighted by Gasteiger charge is -2.28. The second-order valence-corrected chi connectivity index (χ2v) is 7.83. The van der Waals surface area contributed by atoms with Crippen LogP contribution < -0.4 is 16.0 Å². The fourth-order valence-corrected chi connectivity index (χ4v) is 3.70. The summed E-state index contributed by atoms with van der Waals surface area (Å²) in [6, 6.07) is 11.3. The highest BCUT2D eigenvalue weighted by Gasteiger charge is 2.29. The van der Waals surface area contributed by atoms with Crippen LogP contribution in [-0.4, -0.2) is 47.9 Å². The van der Waals surface area contributed by atoms with E-state index >= 15 is 0 Å². The molecule has 1 saturated carbocycles. The third-order valence-corrected chi connectivity index (χ3v) is 5.62. The molecule has 2 aromatic carbocycles. The Balaban J connectivity index is 1.41. The predicted octanol–water partition coefficient (Wildman–Crippen LogP) is 2.75. The standard InChI is InChI=1S/C22H24N6O2/c23-17-5-3-14(25-22(29)13-1-2-13)11-16(17)20(24)21-26-18-6-4-15(12-19(18)27-21)28-7-9-30-10-8-28/h3-6,11-13,24H,1-2,7-10,23H2,(H,25,29)(H,26,27). The number of amides is 1. The maximum Gasteiger partial charge on any atom is 0.227 e. The van der Waals surface area contributed by atoms with Crippen molar-refractivity contribution < 1.29 is 9.53 Å². The van der Waals surface area contributed by atoms with Gasteiger partial charge in [0.25, 0.3) is 0 Å². The van der Waals surface area contributed by atoms with Crippen LogP contribution in [0.15, 0.2) is 36.4 Å². The first-order valence-corrected chi connectivity index (χ1v) is 10.2. The van der Waals surface area contributed by atoms with Gasteiger partial charge >= 0.3 is 0 Å². The molecular formula is C22H24N6O2. The van der Waals surface area contributed by atoms with Gasteiger partial charge in [-0.05, 0) is 49.2 Å². The summed E-state index contributed by atoms with van der Waals surface area (Å²) in [5.74, 6) is 0.583. The van der Waals surface area contributed by atoms with Crippen LogP contribution in [0.3, 0.4) is 0 Å². The van der Waals surface area contributed by atoms with E-state index in [2.05, 4.69) is 26.3 Å². The predicted molar refractivity (Wildman–Crippen MR) is 117 cm³/mol. The average Bonchev–Trinajstić information content (AvgIpc) is 3.54. The molecule has 8 nitrogen and oxygen atoms in total. The number of aromatic amines is 1. The summed E-state index contributed by atoms with van der Waals surface area (Å²) in [4.78, 5) is 22.2. The Morgan fingerprint density at radius 2 is 2.00 bits per heavy atom. The summed E-state index contributed by atoms with van der Waals surface area (Å²) >= 11 is 0. The zero-order valence-corrected chi connectivity index (χ0v) is 16.6. The van der Waals surface area contributed by atoms with Gasteiger partial charge in [0.2, 0.25) is 5.91 Å². The highest BCUT2D eigenvalue weighted by atomic mass is 16.5. The van der Waals surface area contributed by atoms with E-state index in [4.69, 9.17) is 15.9 Å². The molecule has 30 heavy (non-hydrogen) atoms. The van der Waals surface area contributed by atoms with Gasteiger partial charge in [-0.3, -0.25) is 10.2 Å². The van der Waals surface area contributed by atoms with Crippen LogP contribution in [0.25, 0.3) is 11.0 Å². The third kappa shape index (κ3) is 3.61. The van der Waals surface area contributed by atoms with Crippen molar-refractivity contribution in [2.75, 3.05) is 42.3 Å². The van der Waals surface area contributed by atoms with E-state index < -0.39 is 0 Å². The van der Waals surface area contributed by atoms with Gasteiger partial charge in [-0.1, -0.05) is 0 Å². The number of carbonyl (C=O) groups excluding carboxylic acids is 1. The minimum absolute atomic E-state index is 0.0247. The number of morpholine rings is 1. The molecule has 1 saturated heterocycles. The van der Waals surface area contributed by atoms with Gasteiger partial charge in [0.15, 0.2) is 5.82 Å². The van der Waals surface area contributed by atoms with Crippen molar-refractivity contribution in [3.8, 4) is 0 Å². The third-order valence-electron chi connectivity index (χ3n) is 5.62. The first kappa shape index (κ1) is 18.6. The number of anilines is 3. The highest BCUT2D eigenvalue weighted by Crippen LogP contribution is 2.31. The number of nitrogens with one attached hydrogen (secondary N) is 3. The Hall–Kier alpha value is -3.39. The molecule has 0 unspecified atom stereocenters. The number of nitrogens with zero attached hydrogens (tertiary/aromatic N) is 2. The van der Waals surface area contributed by atoms with Crippen LogP contribution in [0.4, 0.5) is 17.1 Å². The average molecular weight is 404 g/mol. The maximum atomic E-state index is 12.1. The largest absolute Gasteiger partial charge is 0.398 e. The summed E-state index contributed by atoms with van der Waals surface area (Å²) in [6.07, 6.45) is 1.88. The Morgan fingerprint density at radius 1 is 1.20 bits per heavy atom. The smallest absolute Gasteiger partial charge is 0.227 e. The number of hydrogen-bond donors (Lipinski definition) is 4. The van der Waals surface area contributed by atoms with Gasteiger partial charge in [0, 0.05) is 41.6 Å². The zero-order chi connectivity index (χ0) is 20.7. The van der Waals surface area contributed by atoms with Gasteiger partial charge in [0.1, 0.15) is 5.71 Å². The van der Waals surface area contributed by atoms with E-state index in [1.807, 2.05) is 12.1 Å². The first-order valence-electron chi connectivity index (χ1n) is 10.2. The maximum absolute atomic E-state index is 12.1. The molecule has 0 bridgehead atoms. The van der Waals surface area contributed by atoms with E-state index in [9.17, 15) is 4.79 Å². The van der Waals surface area contributed by atoms with Crippen LogP contribution in [0.1, 0.15) is 24.2 Å². The Labute approximate surface area is 173 Å². The van der Waals surface area contributed by atoms with Crippen molar-refractivity contribution in [1.29, 1.82) is 5.41 Å². The molecule has 2 aliphatic rings. The lowest BCUT2D eigenvalue weighted by atomic mass is 10.1. The van der Waals surface area contributed by atoms with E-state index in [0.717, 1.165) is 55.9 Å². The molecule has 1 aliphatic carbocycles. The monoisotopic (exact) mass is 404 g/mol.